The van der Waals surface area contributed by atoms with E-state index < -0.39 is 5.41 Å². The molecule has 7 nitrogen and oxygen atoms in total. The van der Waals surface area contributed by atoms with Crippen molar-refractivity contribution in [2.24, 2.45) is 17.1 Å². The maximum absolute atomic E-state index is 13.1. The Morgan fingerprint density at radius 1 is 1.09 bits per heavy atom. The molecule has 2 N–H and O–H groups in total. The highest BCUT2D eigenvalue weighted by Gasteiger charge is 2.44. The van der Waals surface area contributed by atoms with Crippen LogP contribution in [-0.2, 0) is 20.8 Å². The molecule has 7 heteroatoms. The highest BCUT2D eigenvalue weighted by Crippen LogP contribution is 2.35. The number of rotatable bonds is 6. The molecule has 0 spiro atoms. The first kappa shape index (κ1) is 22.8. The van der Waals surface area contributed by atoms with Gasteiger partial charge in [-0.25, -0.2) is 0 Å². The number of ether oxygens (including phenoxy) is 1. The maximum atomic E-state index is 13.1. The van der Waals surface area contributed by atoms with E-state index in [0.29, 0.717) is 32.5 Å². The number of amides is 3. The van der Waals surface area contributed by atoms with Gasteiger partial charge in [0.25, 0.3) is 0 Å². The smallest absolute Gasteiger partial charge is 0.228 e. The molecule has 3 amide bonds. The summed E-state index contributed by atoms with van der Waals surface area (Å²) in [5, 5.41) is 0. The second-order valence-electron chi connectivity index (χ2n) is 9.29. The van der Waals surface area contributed by atoms with Gasteiger partial charge in [-0.2, -0.15) is 0 Å². The number of carbonyl (C=O) groups excluding carboxylic acids is 3. The number of hydrogen-bond acceptors (Lipinski definition) is 4. The average molecular weight is 450 g/mol. The van der Waals surface area contributed by atoms with Crippen molar-refractivity contribution in [3.63, 3.8) is 0 Å². The number of methoxy groups -OCH3 is 1. The SMILES string of the molecule is COc1ccc(-c2ccc(CC3(C(N)=O)CCCN(C(=O)C4CC(=O)N(C)C4)C3)cc2)cc1. The fourth-order valence-electron chi connectivity index (χ4n) is 5.03. The zero-order valence-corrected chi connectivity index (χ0v) is 19.3. The number of nitrogens with zero attached hydrogens (tertiary/aromatic N) is 2. The Morgan fingerprint density at radius 2 is 1.73 bits per heavy atom. The van der Waals surface area contributed by atoms with Gasteiger partial charge in [0.05, 0.1) is 18.4 Å². The Bertz CT molecular complexity index is 1030. The molecular weight excluding hydrogens is 418 g/mol. The summed E-state index contributed by atoms with van der Waals surface area (Å²) < 4.78 is 5.22. The quantitative estimate of drug-likeness (QED) is 0.733. The van der Waals surface area contributed by atoms with Crippen molar-refractivity contribution >= 4 is 17.7 Å². The molecular formula is C26H31N3O4. The molecule has 33 heavy (non-hydrogen) atoms. The zero-order chi connectivity index (χ0) is 23.6. The summed E-state index contributed by atoms with van der Waals surface area (Å²) in [7, 11) is 3.36. The molecule has 2 atom stereocenters. The average Bonchev–Trinajstić information content (AvgIpc) is 3.17. The van der Waals surface area contributed by atoms with Crippen molar-refractivity contribution in [1.29, 1.82) is 0 Å². The van der Waals surface area contributed by atoms with E-state index in [-0.39, 0.29) is 30.1 Å². The van der Waals surface area contributed by atoms with E-state index in [0.717, 1.165) is 28.9 Å². The fraction of sp³-hybridized carbons (Fsp3) is 0.423. The fourth-order valence-corrected chi connectivity index (χ4v) is 5.03. The second-order valence-corrected chi connectivity index (χ2v) is 9.29. The number of primary amides is 1. The molecule has 2 aliphatic heterocycles. The maximum Gasteiger partial charge on any atom is 0.228 e. The van der Waals surface area contributed by atoms with E-state index in [2.05, 4.69) is 0 Å². The predicted octanol–water partition coefficient (Wildman–Crippen LogP) is 2.48. The van der Waals surface area contributed by atoms with Gasteiger partial charge < -0.3 is 20.3 Å². The highest BCUT2D eigenvalue weighted by atomic mass is 16.5. The molecule has 2 aliphatic rings. The molecule has 2 unspecified atom stereocenters. The van der Waals surface area contributed by atoms with Gasteiger partial charge in [-0.3, -0.25) is 14.4 Å². The molecule has 0 saturated carbocycles. The standard InChI is InChI=1S/C26H31N3O4/c1-28-16-21(14-23(28)30)24(31)29-13-3-12-26(17-29,25(27)32)15-18-4-6-19(7-5-18)20-8-10-22(33-2)11-9-20/h4-11,21H,3,12-17H2,1-2H3,(H2,27,32). The molecule has 2 aromatic rings. The van der Waals surface area contributed by atoms with E-state index in [9.17, 15) is 14.4 Å². The summed E-state index contributed by atoms with van der Waals surface area (Å²) in [4.78, 5) is 40.9. The van der Waals surface area contributed by atoms with Crippen molar-refractivity contribution in [2.45, 2.75) is 25.7 Å². The summed E-state index contributed by atoms with van der Waals surface area (Å²) in [5.41, 5.74) is 8.27. The molecule has 4 rings (SSSR count). The lowest BCUT2D eigenvalue weighted by atomic mass is 9.74. The van der Waals surface area contributed by atoms with E-state index in [4.69, 9.17) is 10.5 Å². The van der Waals surface area contributed by atoms with Crippen LogP contribution in [0.15, 0.2) is 48.5 Å². The van der Waals surface area contributed by atoms with Gasteiger partial charge in [0, 0.05) is 33.1 Å². The summed E-state index contributed by atoms with van der Waals surface area (Å²) in [5.74, 6) is 0.0361. The van der Waals surface area contributed by atoms with Crippen LogP contribution in [0.2, 0.25) is 0 Å². The van der Waals surface area contributed by atoms with Crippen LogP contribution in [0.25, 0.3) is 11.1 Å². The summed E-state index contributed by atoms with van der Waals surface area (Å²) in [6.45, 7) is 1.33. The first-order chi connectivity index (χ1) is 15.8. The van der Waals surface area contributed by atoms with Crippen molar-refractivity contribution in [3.05, 3.63) is 54.1 Å². The molecule has 2 fully saturated rings. The van der Waals surface area contributed by atoms with E-state index >= 15 is 0 Å². The monoisotopic (exact) mass is 449 g/mol. The third-order valence-corrected chi connectivity index (χ3v) is 7.02. The van der Waals surface area contributed by atoms with Crippen molar-refractivity contribution < 1.29 is 19.1 Å². The largest absolute Gasteiger partial charge is 0.497 e. The third-order valence-electron chi connectivity index (χ3n) is 7.02. The van der Waals surface area contributed by atoms with Gasteiger partial charge in [-0.05, 0) is 48.1 Å². The Hall–Kier alpha value is -3.35. The Morgan fingerprint density at radius 3 is 2.27 bits per heavy atom. The van der Waals surface area contributed by atoms with Gasteiger partial charge >= 0.3 is 0 Å². The van der Waals surface area contributed by atoms with Crippen molar-refractivity contribution in [2.75, 3.05) is 33.8 Å². The lowest BCUT2D eigenvalue weighted by Gasteiger charge is -2.41. The topological polar surface area (TPSA) is 92.9 Å². The van der Waals surface area contributed by atoms with Crippen LogP contribution in [0.3, 0.4) is 0 Å². The first-order valence-electron chi connectivity index (χ1n) is 11.4. The van der Waals surface area contributed by atoms with Crippen LogP contribution < -0.4 is 10.5 Å². The molecule has 0 bridgehead atoms. The van der Waals surface area contributed by atoms with Crippen LogP contribution in [-0.4, -0.2) is 61.3 Å². The van der Waals surface area contributed by atoms with Crippen LogP contribution in [0.5, 0.6) is 5.75 Å². The van der Waals surface area contributed by atoms with Crippen molar-refractivity contribution in [1.82, 2.24) is 9.80 Å². The van der Waals surface area contributed by atoms with Crippen molar-refractivity contribution in [3.8, 4) is 16.9 Å². The summed E-state index contributed by atoms with van der Waals surface area (Å²) in [6, 6.07) is 16.0. The molecule has 174 valence electrons. The normalized spacial score (nSPS) is 23.0. The predicted molar refractivity (Wildman–Crippen MR) is 125 cm³/mol. The van der Waals surface area contributed by atoms with Crippen LogP contribution in [0.4, 0.5) is 0 Å². The van der Waals surface area contributed by atoms with Gasteiger partial charge in [0.1, 0.15) is 5.75 Å². The molecule has 0 aromatic heterocycles. The van der Waals surface area contributed by atoms with Gasteiger partial charge in [-0.1, -0.05) is 36.4 Å². The Labute approximate surface area is 194 Å². The molecule has 0 aliphatic carbocycles. The van der Waals surface area contributed by atoms with E-state index in [1.165, 1.54) is 0 Å². The zero-order valence-electron chi connectivity index (χ0n) is 19.3. The van der Waals surface area contributed by atoms with Gasteiger partial charge in [0.15, 0.2) is 0 Å². The molecule has 0 radical (unpaired) electrons. The molecule has 2 heterocycles. The van der Waals surface area contributed by atoms with Crippen LogP contribution >= 0.6 is 0 Å². The van der Waals surface area contributed by atoms with Gasteiger partial charge in [0.2, 0.25) is 17.7 Å². The number of likely N-dealkylation sites (tertiary alicyclic amines) is 2. The number of carbonyl (C=O) groups is 3. The number of nitrogens with two attached hydrogens (primary N) is 1. The summed E-state index contributed by atoms with van der Waals surface area (Å²) in [6.07, 6.45) is 2.09. The number of hydrogen-bond donors (Lipinski definition) is 1. The van der Waals surface area contributed by atoms with Gasteiger partial charge in [-0.15, -0.1) is 0 Å². The van der Waals surface area contributed by atoms with E-state index in [1.54, 1.807) is 24.0 Å². The highest BCUT2D eigenvalue weighted by molar-refractivity contribution is 5.90. The summed E-state index contributed by atoms with van der Waals surface area (Å²) >= 11 is 0. The lowest BCUT2D eigenvalue weighted by molar-refractivity contribution is -0.143. The first-order valence-corrected chi connectivity index (χ1v) is 11.4. The number of piperidine rings is 1. The minimum absolute atomic E-state index is 0.0107. The molecule has 2 saturated heterocycles. The second kappa shape index (κ2) is 9.25. The third kappa shape index (κ3) is 4.72. The Kier molecular flexibility index (Phi) is 6.40. The minimum atomic E-state index is -0.802. The van der Waals surface area contributed by atoms with Crippen LogP contribution in [0, 0.1) is 11.3 Å². The number of benzene rings is 2. The van der Waals surface area contributed by atoms with Crippen LogP contribution in [0.1, 0.15) is 24.8 Å². The lowest BCUT2D eigenvalue weighted by Crippen LogP contribution is -2.54. The van der Waals surface area contributed by atoms with E-state index in [1.807, 2.05) is 48.5 Å². The Balaban J connectivity index is 1.49. The minimum Gasteiger partial charge on any atom is -0.497 e. The molecule has 2 aromatic carbocycles.